The zero-order valence-electron chi connectivity index (χ0n) is 11.5. The predicted molar refractivity (Wildman–Crippen MR) is 74.2 cm³/mol. The van der Waals surface area contributed by atoms with Crippen molar-refractivity contribution in [1.82, 2.24) is 5.32 Å². The number of halogens is 1. The minimum Gasteiger partial charge on any atom is -0.496 e. The molecule has 4 heteroatoms. The lowest BCUT2D eigenvalue weighted by Gasteiger charge is -2.22. The third-order valence-corrected chi connectivity index (χ3v) is 2.89. The van der Waals surface area contributed by atoms with Gasteiger partial charge in [-0.05, 0) is 44.9 Å². The number of amides is 1. The van der Waals surface area contributed by atoms with Crippen molar-refractivity contribution in [3.8, 4) is 5.75 Å². The van der Waals surface area contributed by atoms with Crippen molar-refractivity contribution in [1.29, 1.82) is 0 Å². The molecule has 0 aliphatic heterocycles. The summed E-state index contributed by atoms with van der Waals surface area (Å²) in [4.78, 5) is 12.0. The van der Waals surface area contributed by atoms with Crippen LogP contribution in [0.1, 0.15) is 37.3 Å². The van der Waals surface area contributed by atoms with Gasteiger partial charge in [-0.25, -0.2) is 0 Å². The Morgan fingerprint density at radius 3 is 2.44 bits per heavy atom. The molecule has 3 nitrogen and oxygen atoms in total. The molecular formula is C14H20ClNO2. The summed E-state index contributed by atoms with van der Waals surface area (Å²) in [5.74, 6) is 0.604. The second-order valence-electron chi connectivity index (χ2n) is 5.33. The Morgan fingerprint density at radius 1 is 1.39 bits per heavy atom. The molecule has 0 spiro atoms. The lowest BCUT2D eigenvalue weighted by Crippen LogP contribution is -2.42. The first-order valence-electron chi connectivity index (χ1n) is 5.85. The molecule has 1 amide bonds. The number of methoxy groups -OCH3 is 1. The number of hydrogen-bond acceptors (Lipinski definition) is 2. The highest BCUT2D eigenvalue weighted by Crippen LogP contribution is 2.26. The van der Waals surface area contributed by atoms with Crippen LogP contribution in [0.5, 0.6) is 5.75 Å². The highest BCUT2D eigenvalue weighted by atomic mass is 35.5. The normalized spacial score (nSPS) is 13.0. The van der Waals surface area contributed by atoms with Crippen molar-refractivity contribution in [2.45, 2.75) is 38.6 Å². The van der Waals surface area contributed by atoms with E-state index in [9.17, 15) is 4.79 Å². The lowest BCUT2D eigenvalue weighted by molar-refractivity contribution is -0.122. The molecular weight excluding hydrogens is 250 g/mol. The van der Waals surface area contributed by atoms with Crippen LogP contribution in [0, 0.1) is 6.92 Å². The van der Waals surface area contributed by atoms with E-state index in [1.165, 1.54) is 0 Å². The molecule has 0 radical (unpaired) electrons. The molecule has 0 saturated carbocycles. The Hall–Kier alpha value is -1.22. The van der Waals surface area contributed by atoms with Gasteiger partial charge in [0.2, 0.25) is 5.91 Å². The van der Waals surface area contributed by atoms with Crippen molar-refractivity contribution in [3.05, 3.63) is 29.3 Å². The third-order valence-electron chi connectivity index (χ3n) is 2.44. The second kappa shape index (κ2) is 5.61. The zero-order valence-corrected chi connectivity index (χ0v) is 12.3. The van der Waals surface area contributed by atoms with Crippen LogP contribution in [-0.2, 0) is 4.79 Å². The summed E-state index contributed by atoms with van der Waals surface area (Å²) in [5.41, 5.74) is 1.45. The maximum atomic E-state index is 12.0. The number of carbonyl (C=O) groups is 1. The molecule has 18 heavy (non-hydrogen) atoms. The van der Waals surface area contributed by atoms with E-state index >= 15 is 0 Å². The number of nitrogens with one attached hydrogen (secondary N) is 1. The molecule has 0 aliphatic carbocycles. The standard InChI is InChI=1S/C14H20ClNO2/c1-9-8-10(6-7-11(9)18-5)12(15)13(17)16-14(2,3)4/h6-8,12H,1-5H3,(H,16,17). The van der Waals surface area contributed by atoms with Crippen molar-refractivity contribution in [3.63, 3.8) is 0 Å². The topological polar surface area (TPSA) is 38.3 Å². The van der Waals surface area contributed by atoms with Gasteiger partial charge in [0.1, 0.15) is 11.1 Å². The summed E-state index contributed by atoms with van der Waals surface area (Å²) in [6, 6.07) is 5.51. The summed E-state index contributed by atoms with van der Waals surface area (Å²) in [7, 11) is 1.62. The SMILES string of the molecule is COc1ccc(C(Cl)C(=O)NC(C)(C)C)cc1C. The molecule has 0 aliphatic rings. The monoisotopic (exact) mass is 269 g/mol. The van der Waals surface area contributed by atoms with Crippen LogP contribution in [0.3, 0.4) is 0 Å². The van der Waals surface area contributed by atoms with E-state index in [1.807, 2.05) is 45.9 Å². The number of rotatable bonds is 3. The van der Waals surface area contributed by atoms with Gasteiger partial charge >= 0.3 is 0 Å². The van der Waals surface area contributed by atoms with Gasteiger partial charge in [0.15, 0.2) is 0 Å². The number of alkyl halides is 1. The van der Waals surface area contributed by atoms with E-state index in [-0.39, 0.29) is 11.4 Å². The summed E-state index contributed by atoms with van der Waals surface area (Å²) in [6.45, 7) is 7.70. The molecule has 0 aromatic heterocycles. The van der Waals surface area contributed by atoms with Crippen molar-refractivity contribution in [2.24, 2.45) is 0 Å². The van der Waals surface area contributed by atoms with Gasteiger partial charge in [0, 0.05) is 5.54 Å². The fourth-order valence-corrected chi connectivity index (χ4v) is 1.83. The maximum absolute atomic E-state index is 12.0. The van der Waals surface area contributed by atoms with Gasteiger partial charge in [-0.2, -0.15) is 0 Å². The smallest absolute Gasteiger partial charge is 0.243 e. The average Bonchev–Trinajstić information content (AvgIpc) is 2.25. The van der Waals surface area contributed by atoms with Crippen LogP contribution in [0.2, 0.25) is 0 Å². The molecule has 1 rings (SSSR count). The Kier molecular flexibility index (Phi) is 4.63. The van der Waals surface area contributed by atoms with Gasteiger partial charge in [0.25, 0.3) is 0 Å². The average molecular weight is 270 g/mol. The number of benzene rings is 1. The first kappa shape index (κ1) is 14.8. The van der Waals surface area contributed by atoms with E-state index < -0.39 is 5.38 Å². The van der Waals surface area contributed by atoms with Gasteiger partial charge in [-0.15, -0.1) is 11.6 Å². The van der Waals surface area contributed by atoms with E-state index in [4.69, 9.17) is 16.3 Å². The van der Waals surface area contributed by atoms with Crippen LogP contribution >= 0.6 is 11.6 Å². The summed E-state index contributed by atoms with van der Waals surface area (Å²) in [5, 5.41) is 2.18. The van der Waals surface area contributed by atoms with Crippen molar-refractivity contribution in [2.75, 3.05) is 7.11 Å². The first-order chi connectivity index (χ1) is 8.24. The Labute approximate surface area is 113 Å². The fourth-order valence-electron chi connectivity index (χ4n) is 1.64. The summed E-state index contributed by atoms with van der Waals surface area (Å²) < 4.78 is 5.18. The number of hydrogen-bond donors (Lipinski definition) is 1. The minimum absolute atomic E-state index is 0.186. The van der Waals surface area contributed by atoms with E-state index in [2.05, 4.69) is 5.32 Å². The zero-order chi connectivity index (χ0) is 13.9. The second-order valence-corrected chi connectivity index (χ2v) is 5.77. The molecule has 1 atom stereocenters. The van der Waals surface area contributed by atoms with E-state index in [0.29, 0.717) is 0 Å². The highest BCUT2D eigenvalue weighted by molar-refractivity contribution is 6.30. The fraction of sp³-hybridized carbons (Fsp3) is 0.500. The molecule has 100 valence electrons. The van der Waals surface area contributed by atoms with Crippen LogP contribution in [0.25, 0.3) is 0 Å². The molecule has 0 bridgehead atoms. The molecule has 1 aromatic carbocycles. The van der Waals surface area contributed by atoms with Crippen LogP contribution in [0.15, 0.2) is 18.2 Å². The van der Waals surface area contributed by atoms with Gasteiger partial charge in [0.05, 0.1) is 7.11 Å². The summed E-state index contributed by atoms with van der Waals surface area (Å²) in [6.07, 6.45) is 0. The molecule has 1 N–H and O–H groups in total. The van der Waals surface area contributed by atoms with Crippen LogP contribution in [-0.4, -0.2) is 18.6 Å². The quantitative estimate of drug-likeness (QED) is 0.856. The van der Waals surface area contributed by atoms with Gasteiger partial charge < -0.3 is 10.1 Å². The van der Waals surface area contributed by atoms with Crippen LogP contribution < -0.4 is 10.1 Å². The Balaban J connectivity index is 2.87. The van der Waals surface area contributed by atoms with E-state index in [0.717, 1.165) is 16.9 Å². The molecule has 1 aromatic rings. The van der Waals surface area contributed by atoms with Crippen molar-refractivity contribution < 1.29 is 9.53 Å². The molecule has 0 fully saturated rings. The van der Waals surface area contributed by atoms with Crippen molar-refractivity contribution >= 4 is 17.5 Å². The first-order valence-corrected chi connectivity index (χ1v) is 6.29. The number of aryl methyl sites for hydroxylation is 1. The highest BCUT2D eigenvalue weighted by Gasteiger charge is 2.22. The van der Waals surface area contributed by atoms with Crippen LogP contribution in [0.4, 0.5) is 0 Å². The minimum atomic E-state index is -0.686. The number of carbonyl (C=O) groups excluding carboxylic acids is 1. The third kappa shape index (κ3) is 3.91. The largest absolute Gasteiger partial charge is 0.496 e. The number of ether oxygens (including phenoxy) is 1. The van der Waals surface area contributed by atoms with Gasteiger partial charge in [-0.1, -0.05) is 12.1 Å². The summed E-state index contributed by atoms with van der Waals surface area (Å²) >= 11 is 6.18. The predicted octanol–water partition coefficient (Wildman–Crippen LogP) is 3.20. The lowest BCUT2D eigenvalue weighted by atomic mass is 10.0. The molecule has 0 saturated heterocycles. The molecule has 0 heterocycles. The Bertz CT molecular complexity index is 438. The Morgan fingerprint density at radius 2 is 2.00 bits per heavy atom. The van der Waals surface area contributed by atoms with Gasteiger partial charge in [-0.3, -0.25) is 4.79 Å². The molecule has 1 unspecified atom stereocenters. The maximum Gasteiger partial charge on any atom is 0.243 e. The van der Waals surface area contributed by atoms with E-state index in [1.54, 1.807) is 7.11 Å².